The molecule has 0 saturated carbocycles. The van der Waals surface area contributed by atoms with Crippen molar-refractivity contribution in [3.63, 3.8) is 0 Å². The van der Waals surface area contributed by atoms with Gasteiger partial charge in [-0.3, -0.25) is 4.79 Å². The zero-order chi connectivity index (χ0) is 13.8. The van der Waals surface area contributed by atoms with E-state index in [4.69, 9.17) is 5.84 Å². The summed E-state index contributed by atoms with van der Waals surface area (Å²) in [6.07, 6.45) is 1.23. The van der Waals surface area contributed by atoms with E-state index < -0.39 is 17.5 Å². The van der Waals surface area contributed by atoms with Gasteiger partial charge in [0.2, 0.25) is 0 Å². The molecule has 1 amide bonds. The van der Waals surface area contributed by atoms with Crippen molar-refractivity contribution in [3.8, 4) is 0 Å². The van der Waals surface area contributed by atoms with E-state index in [0.717, 1.165) is 6.07 Å². The fourth-order valence-electron chi connectivity index (χ4n) is 1.48. The monoisotopic (exact) mass is 264 g/mol. The zero-order valence-electron chi connectivity index (χ0n) is 9.65. The summed E-state index contributed by atoms with van der Waals surface area (Å²) in [7, 11) is 0. The average Bonchev–Trinajstić information content (AvgIpc) is 2.39. The molecule has 1 heterocycles. The van der Waals surface area contributed by atoms with E-state index in [1.54, 1.807) is 0 Å². The molecule has 0 aliphatic carbocycles. The van der Waals surface area contributed by atoms with Crippen molar-refractivity contribution in [3.05, 3.63) is 53.7 Å². The molecule has 0 spiro atoms. The summed E-state index contributed by atoms with van der Waals surface area (Å²) in [6, 6.07) is 6.48. The third kappa shape index (κ3) is 2.83. The molecule has 19 heavy (non-hydrogen) atoms. The Morgan fingerprint density at radius 2 is 2.05 bits per heavy atom. The first-order chi connectivity index (χ1) is 9.11. The van der Waals surface area contributed by atoms with Crippen LogP contribution in [0.15, 0.2) is 36.5 Å². The Kier molecular flexibility index (Phi) is 3.67. The number of nitrogens with two attached hydrogens (primary N) is 1. The van der Waals surface area contributed by atoms with E-state index in [2.05, 4.69) is 10.3 Å². The minimum Gasteiger partial charge on any atom is -0.322 e. The van der Waals surface area contributed by atoms with Crippen LogP contribution >= 0.6 is 0 Å². The maximum atomic E-state index is 13.8. The van der Waals surface area contributed by atoms with E-state index in [-0.39, 0.29) is 17.1 Å². The Morgan fingerprint density at radius 1 is 1.26 bits per heavy atom. The maximum absolute atomic E-state index is 13.8. The second-order valence-corrected chi connectivity index (χ2v) is 3.63. The van der Waals surface area contributed by atoms with Crippen molar-refractivity contribution in [1.82, 2.24) is 4.98 Å². The predicted octanol–water partition coefficient (Wildman–Crippen LogP) is 1.90. The highest BCUT2D eigenvalue weighted by Crippen LogP contribution is 2.16. The SMILES string of the molecule is NNc1nccc(C(=O)Nc2cccc(F)c2)c1F. The van der Waals surface area contributed by atoms with Crippen LogP contribution in [-0.2, 0) is 0 Å². The molecule has 2 aromatic rings. The lowest BCUT2D eigenvalue weighted by molar-refractivity contribution is 0.102. The highest BCUT2D eigenvalue weighted by atomic mass is 19.1. The predicted molar refractivity (Wildman–Crippen MR) is 66.4 cm³/mol. The van der Waals surface area contributed by atoms with Crippen LogP contribution in [0.25, 0.3) is 0 Å². The number of carbonyl (C=O) groups excluding carboxylic acids is 1. The van der Waals surface area contributed by atoms with Crippen LogP contribution in [-0.4, -0.2) is 10.9 Å². The number of hydrogen-bond acceptors (Lipinski definition) is 4. The molecule has 7 heteroatoms. The molecule has 0 bridgehead atoms. The second kappa shape index (κ2) is 5.40. The first-order valence-electron chi connectivity index (χ1n) is 5.30. The molecular formula is C12H10F2N4O. The van der Waals surface area contributed by atoms with Gasteiger partial charge in [0, 0.05) is 11.9 Å². The highest BCUT2D eigenvalue weighted by molar-refractivity contribution is 6.04. The Labute approximate surface area is 107 Å². The molecule has 0 fully saturated rings. The van der Waals surface area contributed by atoms with Gasteiger partial charge < -0.3 is 10.7 Å². The fourth-order valence-corrected chi connectivity index (χ4v) is 1.48. The zero-order valence-corrected chi connectivity index (χ0v) is 9.65. The molecule has 2 rings (SSSR count). The van der Waals surface area contributed by atoms with Gasteiger partial charge in [0.25, 0.3) is 5.91 Å². The average molecular weight is 264 g/mol. The smallest absolute Gasteiger partial charge is 0.258 e. The molecule has 5 nitrogen and oxygen atoms in total. The number of benzene rings is 1. The van der Waals surface area contributed by atoms with Crippen molar-refractivity contribution < 1.29 is 13.6 Å². The van der Waals surface area contributed by atoms with Crippen molar-refractivity contribution in [2.45, 2.75) is 0 Å². The Bertz CT molecular complexity index is 618. The summed E-state index contributed by atoms with van der Waals surface area (Å²) in [6.45, 7) is 0. The molecule has 1 aromatic carbocycles. The summed E-state index contributed by atoms with van der Waals surface area (Å²) in [5.41, 5.74) is 2.02. The molecule has 0 radical (unpaired) electrons. The molecule has 0 aliphatic rings. The number of nitrogens with one attached hydrogen (secondary N) is 2. The summed E-state index contributed by atoms with van der Waals surface area (Å²) in [4.78, 5) is 15.5. The van der Waals surface area contributed by atoms with Crippen LogP contribution in [0, 0.1) is 11.6 Å². The summed E-state index contributed by atoms with van der Waals surface area (Å²) >= 11 is 0. The first kappa shape index (κ1) is 12.9. The minimum atomic E-state index is -0.876. The van der Waals surface area contributed by atoms with Gasteiger partial charge in [-0.1, -0.05) is 6.07 Å². The van der Waals surface area contributed by atoms with Gasteiger partial charge in [-0.25, -0.2) is 19.6 Å². The van der Waals surface area contributed by atoms with Crippen molar-refractivity contribution in [2.75, 3.05) is 10.7 Å². The number of aromatic nitrogens is 1. The van der Waals surface area contributed by atoms with Gasteiger partial charge in [-0.05, 0) is 24.3 Å². The van der Waals surface area contributed by atoms with Crippen molar-refractivity contribution in [1.29, 1.82) is 0 Å². The number of pyridine rings is 1. The standard InChI is InChI=1S/C12H10F2N4O/c13-7-2-1-3-8(6-7)17-12(19)9-4-5-16-11(18-15)10(9)14/h1-6H,15H2,(H,16,18)(H,17,19). The van der Waals surface area contributed by atoms with Crippen molar-refractivity contribution >= 4 is 17.4 Å². The number of anilines is 2. The lowest BCUT2D eigenvalue weighted by atomic mass is 10.2. The molecule has 0 saturated heterocycles. The number of carbonyl (C=O) groups is 1. The molecule has 0 aliphatic heterocycles. The first-order valence-corrected chi connectivity index (χ1v) is 5.30. The van der Waals surface area contributed by atoms with Crippen LogP contribution in [0.4, 0.5) is 20.3 Å². The molecule has 1 aromatic heterocycles. The second-order valence-electron chi connectivity index (χ2n) is 3.63. The van der Waals surface area contributed by atoms with Gasteiger partial charge >= 0.3 is 0 Å². The number of hydrazine groups is 1. The third-order valence-electron chi connectivity index (χ3n) is 2.35. The van der Waals surface area contributed by atoms with Crippen molar-refractivity contribution in [2.24, 2.45) is 5.84 Å². The van der Waals surface area contributed by atoms with Gasteiger partial charge in [0.05, 0.1) is 5.56 Å². The fraction of sp³-hybridized carbons (Fsp3) is 0. The van der Waals surface area contributed by atoms with E-state index >= 15 is 0 Å². The van der Waals surface area contributed by atoms with E-state index in [1.165, 1.54) is 30.5 Å². The Hall–Kier alpha value is -2.54. The number of hydrogen-bond donors (Lipinski definition) is 3. The van der Waals surface area contributed by atoms with E-state index in [1.807, 2.05) is 5.43 Å². The molecular weight excluding hydrogens is 254 g/mol. The van der Waals surface area contributed by atoms with Crippen LogP contribution < -0.4 is 16.6 Å². The van der Waals surface area contributed by atoms with Gasteiger partial charge in [-0.2, -0.15) is 0 Å². The summed E-state index contributed by atoms with van der Waals surface area (Å²) < 4.78 is 26.7. The molecule has 98 valence electrons. The van der Waals surface area contributed by atoms with Gasteiger partial charge in [0.1, 0.15) is 5.82 Å². The normalized spacial score (nSPS) is 10.1. The van der Waals surface area contributed by atoms with Gasteiger partial charge in [0.15, 0.2) is 11.6 Å². The maximum Gasteiger partial charge on any atom is 0.258 e. The molecule has 4 N–H and O–H groups in total. The molecule has 0 unspecified atom stereocenters. The number of nitrogens with zero attached hydrogens (tertiary/aromatic N) is 1. The Balaban J connectivity index is 2.25. The lowest BCUT2D eigenvalue weighted by Gasteiger charge is -2.08. The van der Waals surface area contributed by atoms with Gasteiger partial charge in [-0.15, -0.1) is 0 Å². The number of nitrogen functional groups attached to an aromatic ring is 1. The van der Waals surface area contributed by atoms with Crippen LogP contribution in [0.2, 0.25) is 0 Å². The third-order valence-corrected chi connectivity index (χ3v) is 2.35. The number of halogens is 2. The highest BCUT2D eigenvalue weighted by Gasteiger charge is 2.15. The van der Waals surface area contributed by atoms with Crippen LogP contribution in [0.5, 0.6) is 0 Å². The topological polar surface area (TPSA) is 80.0 Å². The molecule has 0 atom stereocenters. The van der Waals surface area contributed by atoms with Crippen LogP contribution in [0.3, 0.4) is 0 Å². The Morgan fingerprint density at radius 3 is 2.74 bits per heavy atom. The minimum absolute atomic E-state index is 0.225. The lowest BCUT2D eigenvalue weighted by Crippen LogP contribution is -2.17. The van der Waals surface area contributed by atoms with Crippen LogP contribution in [0.1, 0.15) is 10.4 Å². The quantitative estimate of drug-likeness (QED) is 0.584. The largest absolute Gasteiger partial charge is 0.322 e. The van der Waals surface area contributed by atoms with E-state index in [0.29, 0.717) is 0 Å². The summed E-state index contributed by atoms with van der Waals surface area (Å²) in [5.74, 6) is 2.72. The van der Waals surface area contributed by atoms with E-state index in [9.17, 15) is 13.6 Å². The number of rotatable bonds is 3. The summed E-state index contributed by atoms with van der Waals surface area (Å²) in [5, 5.41) is 2.38. The number of amides is 1.